The number of hydrogen-bond acceptors (Lipinski definition) is 3. The molecule has 0 saturated heterocycles. The molecule has 1 unspecified atom stereocenters. The van der Waals surface area contributed by atoms with Crippen molar-refractivity contribution in [3.63, 3.8) is 0 Å². The lowest BCUT2D eigenvalue weighted by atomic mass is 9.86. The first-order chi connectivity index (χ1) is 13.0. The number of H-pyrrole nitrogens is 1. The van der Waals surface area contributed by atoms with Crippen molar-refractivity contribution >= 4 is 18.3 Å². The van der Waals surface area contributed by atoms with Gasteiger partial charge in [-0.3, -0.25) is 9.89 Å². The van der Waals surface area contributed by atoms with Crippen molar-refractivity contribution in [1.29, 1.82) is 0 Å². The Kier molecular flexibility index (Phi) is 5.04. The van der Waals surface area contributed by atoms with Gasteiger partial charge in [0.25, 0.3) is 5.56 Å². The summed E-state index contributed by atoms with van der Waals surface area (Å²) in [5, 5.41) is 2.30. The lowest BCUT2D eigenvalue weighted by Crippen LogP contribution is -2.17. The highest BCUT2D eigenvalue weighted by Gasteiger charge is 2.20. The molecule has 2 aromatic heterocycles. The number of aromatic nitrogens is 3. The van der Waals surface area contributed by atoms with Gasteiger partial charge >= 0.3 is 0 Å². The molecule has 1 aliphatic carbocycles. The van der Waals surface area contributed by atoms with Crippen LogP contribution in [0, 0.1) is 17.6 Å². The van der Waals surface area contributed by atoms with Gasteiger partial charge in [0.2, 0.25) is 0 Å². The molecule has 1 aliphatic rings. The summed E-state index contributed by atoms with van der Waals surface area (Å²) in [6, 6.07) is 7.10. The zero-order valence-electron chi connectivity index (χ0n) is 14.8. The van der Waals surface area contributed by atoms with Crippen LogP contribution < -0.4 is 5.56 Å². The largest absolute Gasteiger partial charge is 0.294 e. The predicted molar refractivity (Wildman–Crippen MR) is 103 cm³/mol. The van der Waals surface area contributed by atoms with Gasteiger partial charge in [0.15, 0.2) is 17.3 Å². The number of halogens is 2. The lowest BCUT2D eigenvalue weighted by Gasteiger charge is -2.20. The molecule has 0 bridgehead atoms. The summed E-state index contributed by atoms with van der Waals surface area (Å²) in [4.78, 5) is 16.9. The van der Waals surface area contributed by atoms with Gasteiger partial charge in [0.1, 0.15) is 0 Å². The van der Waals surface area contributed by atoms with Gasteiger partial charge in [0.05, 0.1) is 10.9 Å². The molecule has 1 aromatic carbocycles. The van der Waals surface area contributed by atoms with E-state index in [4.69, 9.17) is 0 Å². The number of fused-ring (bicyclic) bond motifs is 1. The van der Waals surface area contributed by atoms with Gasteiger partial charge in [-0.2, -0.15) is 12.6 Å². The average Bonchev–Trinajstić information content (AvgIpc) is 3.07. The maximum Gasteiger partial charge on any atom is 0.272 e. The molecule has 1 saturated carbocycles. The number of hydrogen-bond donors (Lipinski definition) is 2. The van der Waals surface area contributed by atoms with E-state index in [0.29, 0.717) is 17.3 Å². The fraction of sp³-hybridized carbons (Fsp3) is 0.400. The molecule has 27 heavy (non-hydrogen) atoms. The number of rotatable bonds is 4. The van der Waals surface area contributed by atoms with Crippen LogP contribution in [0.2, 0.25) is 0 Å². The van der Waals surface area contributed by atoms with E-state index in [0.717, 1.165) is 18.2 Å². The Labute approximate surface area is 161 Å². The molecule has 1 atom stereocenters. The fourth-order valence-electron chi connectivity index (χ4n) is 3.90. The minimum absolute atomic E-state index is 0.0625. The molecule has 142 valence electrons. The van der Waals surface area contributed by atoms with Crippen LogP contribution in [-0.4, -0.2) is 14.6 Å². The molecule has 0 amide bonds. The Bertz CT molecular complexity index is 1020. The third-order valence-corrected chi connectivity index (χ3v) is 5.86. The van der Waals surface area contributed by atoms with Crippen molar-refractivity contribution in [1.82, 2.24) is 14.6 Å². The molecule has 2 heterocycles. The Morgan fingerprint density at radius 2 is 2.00 bits per heavy atom. The molecule has 1 N–H and O–H groups in total. The monoisotopic (exact) mass is 389 g/mol. The van der Waals surface area contributed by atoms with Gasteiger partial charge in [-0.25, -0.2) is 18.3 Å². The van der Waals surface area contributed by atoms with Crippen LogP contribution in [-0.2, 0) is 6.42 Å². The minimum Gasteiger partial charge on any atom is -0.294 e. The van der Waals surface area contributed by atoms with E-state index in [1.165, 1.54) is 54.8 Å². The van der Waals surface area contributed by atoms with Crippen LogP contribution in [0.3, 0.4) is 0 Å². The normalized spacial score (nSPS) is 16.7. The number of nitrogens with zero attached hydrogens (tertiary/aromatic N) is 2. The van der Waals surface area contributed by atoms with Crippen molar-refractivity contribution in [2.45, 2.75) is 43.8 Å². The van der Waals surface area contributed by atoms with Crippen molar-refractivity contribution in [2.24, 2.45) is 5.92 Å². The van der Waals surface area contributed by atoms with Crippen LogP contribution in [0.15, 0.2) is 35.1 Å². The Morgan fingerprint density at radius 3 is 2.78 bits per heavy atom. The molecule has 7 heteroatoms. The third kappa shape index (κ3) is 3.65. The van der Waals surface area contributed by atoms with Crippen molar-refractivity contribution < 1.29 is 8.78 Å². The summed E-state index contributed by atoms with van der Waals surface area (Å²) >= 11 is 4.38. The number of benzene rings is 1. The molecule has 0 radical (unpaired) electrons. The first-order valence-electron chi connectivity index (χ1n) is 9.26. The zero-order valence-corrected chi connectivity index (χ0v) is 15.7. The van der Waals surface area contributed by atoms with Crippen molar-refractivity contribution in [3.8, 4) is 0 Å². The van der Waals surface area contributed by atoms with Crippen LogP contribution in [0.1, 0.15) is 54.3 Å². The van der Waals surface area contributed by atoms with Crippen LogP contribution in [0.25, 0.3) is 5.65 Å². The second kappa shape index (κ2) is 7.46. The molecule has 3 aromatic rings. The molecular formula is C20H21F2N3OS. The highest BCUT2D eigenvalue weighted by atomic mass is 32.1. The molecule has 0 aliphatic heterocycles. The molecule has 4 nitrogen and oxygen atoms in total. The zero-order chi connectivity index (χ0) is 19.0. The lowest BCUT2D eigenvalue weighted by molar-refractivity contribution is 0.354. The summed E-state index contributed by atoms with van der Waals surface area (Å²) in [7, 11) is 0. The molecule has 1 fully saturated rings. The van der Waals surface area contributed by atoms with Crippen molar-refractivity contribution in [2.75, 3.05) is 0 Å². The summed E-state index contributed by atoms with van der Waals surface area (Å²) in [5.41, 5.74) is 1.51. The van der Waals surface area contributed by atoms with Gasteiger partial charge in [0, 0.05) is 23.4 Å². The standard InChI is InChI=1S/C20H21F2N3OS/c21-15-8-4-7-14(19(15)22)20(27)16-11-18(26)25-17(23-16)10-13(24-25)9-12-5-2-1-3-6-12/h4,7-8,10-12,20,24,27H,1-3,5-6,9H2. The predicted octanol–water partition coefficient (Wildman–Crippen LogP) is 4.44. The molecular weight excluding hydrogens is 368 g/mol. The summed E-state index contributed by atoms with van der Waals surface area (Å²) in [5.74, 6) is -1.28. The maximum absolute atomic E-state index is 14.1. The Morgan fingerprint density at radius 1 is 1.22 bits per heavy atom. The minimum atomic E-state index is -0.966. The SMILES string of the molecule is O=c1cc(C(S)c2cccc(F)c2F)nc2cc(CC3CCCCC3)[nH]n12. The van der Waals surface area contributed by atoms with E-state index >= 15 is 0 Å². The topological polar surface area (TPSA) is 50.2 Å². The fourth-order valence-corrected chi connectivity index (χ4v) is 4.23. The van der Waals surface area contributed by atoms with Crippen LogP contribution in [0.5, 0.6) is 0 Å². The highest BCUT2D eigenvalue weighted by molar-refractivity contribution is 7.80. The number of nitrogens with one attached hydrogen (secondary N) is 1. The van der Waals surface area contributed by atoms with Gasteiger partial charge in [-0.05, 0) is 18.4 Å². The second-order valence-corrected chi connectivity index (χ2v) is 7.76. The number of thiol groups is 1. The van der Waals surface area contributed by atoms with E-state index in [1.54, 1.807) is 0 Å². The Balaban J connectivity index is 1.66. The molecule has 4 rings (SSSR count). The van der Waals surface area contributed by atoms with E-state index in [2.05, 4.69) is 22.7 Å². The van der Waals surface area contributed by atoms with E-state index in [1.807, 2.05) is 6.07 Å². The first kappa shape index (κ1) is 18.2. The van der Waals surface area contributed by atoms with Crippen LogP contribution in [0.4, 0.5) is 8.78 Å². The van der Waals surface area contributed by atoms with E-state index < -0.39 is 16.9 Å². The van der Waals surface area contributed by atoms with Gasteiger partial charge < -0.3 is 0 Å². The third-order valence-electron chi connectivity index (χ3n) is 5.31. The second-order valence-electron chi connectivity index (χ2n) is 7.25. The Hall–Kier alpha value is -2.15. The van der Waals surface area contributed by atoms with Gasteiger partial charge in [-0.1, -0.05) is 44.2 Å². The van der Waals surface area contributed by atoms with Gasteiger partial charge in [-0.15, -0.1) is 0 Å². The highest BCUT2D eigenvalue weighted by Crippen LogP contribution is 2.30. The summed E-state index contributed by atoms with van der Waals surface area (Å²) in [6.45, 7) is 0. The number of aromatic amines is 1. The average molecular weight is 389 g/mol. The summed E-state index contributed by atoms with van der Waals surface area (Å²) < 4.78 is 29.0. The van der Waals surface area contributed by atoms with Crippen LogP contribution >= 0.6 is 12.6 Å². The van der Waals surface area contributed by atoms with E-state index in [9.17, 15) is 13.6 Å². The molecule has 0 spiro atoms. The van der Waals surface area contributed by atoms with E-state index in [-0.39, 0.29) is 11.1 Å². The maximum atomic E-state index is 14.1. The first-order valence-corrected chi connectivity index (χ1v) is 9.78. The smallest absolute Gasteiger partial charge is 0.272 e. The summed E-state index contributed by atoms with van der Waals surface area (Å²) in [6.07, 6.45) is 7.12. The quantitative estimate of drug-likeness (QED) is 0.648. The van der Waals surface area contributed by atoms with Crippen molar-refractivity contribution in [3.05, 3.63) is 69.3 Å².